The zero-order chi connectivity index (χ0) is 27.7. The maximum atomic E-state index is 14.0. The molecule has 2 aromatic rings. The first-order valence-corrected chi connectivity index (χ1v) is 14.4. The summed E-state index contributed by atoms with van der Waals surface area (Å²) in [6, 6.07) is 6.79. The molecule has 3 aliphatic rings. The van der Waals surface area contributed by atoms with Crippen LogP contribution in [0, 0.1) is 35.5 Å². The first-order chi connectivity index (χ1) is 18.8. The summed E-state index contributed by atoms with van der Waals surface area (Å²) in [7, 11) is 0. The lowest BCUT2D eigenvalue weighted by Gasteiger charge is -2.45. The van der Waals surface area contributed by atoms with Gasteiger partial charge in [0.05, 0.1) is 5.92 Å². The molecule has 39 heavy (non-hydrogen) atoms. The van der Waals surface area contributed by atoms with Crippen molar-refractivity contribution in [3.8, 4) is 22.6 Å². The van der Waals surface area contributed by atoms with E-state index in [1.807, 2.05) is 19.1 Å². The third-order valence-electron chi connectivity index (χ3n) is 9.20. The second kappa shape index (κ2) is 11.4. The van der Waals surface area contributed by atoms with E-state index in [1.165, 1.54) is 18.2 Å². The number of nitrogens with one attached hydrogen (secondary N) is 1. The highest BCUT2D eigenvalue weighted by atomic mass is 16.5. The molecular weight excluding hydrogens is 490 g/mol. The van der Waals surface area contributed by atoms with Gasteiger partial charge in [0.25, 0.3) is 5.56 Å². The molecule has 2 saturated carbocycles. The minimum atomic E-state index is -0.590. The predicted octanol–water partition coefficient (Wildman–Crippen LogP) is 6.85. The quantitative estimate of drug-likeness (QED) is 0.185. The molecule has 5 atom stereocenters. The Hall–Kier alpha value is -3.41. The molecule has 1 aromatic carbocycles. The fourth-order valence-corrected chi connectivity index (χ4v) is 7.13. The minimum Gasteiger partial charge on any atom is -0.506 e. The number of aromatic hydroxyl groups is 1. The summed E-state index contributed by atoms with van der Waals surface area (Å²) < 4.78 is 5.55. The number of hydrogen-bond acceptors (Lipinski definition) is 5. The maximum absolute atomic E-state index is 14.0. The Morgan fingerprint density at radius 1 is 1.08 bits per heavy atom. The number of aromatic amines is 1. The van der Waals surface area contributed by atoms with Crippen molar-refractivity contribution < 1.29 is 19.4 Å². The lowest BCUT2D eigenvalue weighted by molar-refractivity contribution is -0.138. The zero-order valence-corrected chi connectivity index (χ0v) is 23.1. The molecule has 0 radical (unpaired) electrons. The standard InChI is InChI=1S/C33H39NO5/c1-4-7-25-26-16-19(2)10-15-24(26)20(3)17-27(25)30(35)29-31(36)28(18-34-32(29)37)21-11-13-23(14-12-21)39-33(38)22-8-5-6-9-22/h4,7,11-14,17-19,22,24-27H,5-6,8-10,15-16H2,1-3H3,(H2,34,36,37)/b7-4+/t19-,24+,25+,26-,27+/m0/s1. The number of fused-ring (bicyclic) bond motifs is 1. The number of H-pyrrole nitrogens is 1. The average Bonchev–Trinajstić information content (AvgIpc) is 3.46. The van der Waals surface area contributed by atoms with Crippen LogP contribution in [0.2, 0.25) is 0 Å². The average molecular weight is 530 g/mol. The Morgan fingerprint density at radius 2 is 1.79 bits per heavy atom. The topological polar surface area (TPSA) is 96.5 Å². The number of pyridine rings is 1. The highest BCUT2D eigenvalue weighted by molar-refractivity contribution is 6.03. The third kappa shape index (κ3) is 5.39. The van der Waals surface area contributed by atoms with Gasteiger partial charge >= 0.3 is 5.97 Å². The summed E-state index contributed by atoms with van der Waals surface area (Å²) >= 11 is 0. The summed E-state index contributed by atoms with van der Waals surface area (Å²) in [5.74, 6) is 0.381. The van der Waals surface area contributed by atoms with E-state index in [9.17, 15) is 19.5 Å². The molecule has 0 unspecified atom stereocenters. The number of ketones is 1. The van der Waals surface area contributed by atoms with E-state index in [1.54, 1.807) is 24.3 Å². The van der Waals surface area contributed by atoms with E-state index in [0.29, 0.717) is 34.6 Å². The molecule has 6 heteroatoms. The second-order valence-corrected chi connectivity index (χ2v) is 11.8. The molecule has 0 spiro atoms. The van der Waals surface area contributed by atoms with E-state index in [4.69, 9.17) is 4.74 Å². The number of ether oxygens (including phenoxy) is 1. The normalized spacial score (nSPS) is 27.3. The van der Waals surface area contributed by atoms with E-state index in [0.717, 1.165) is 38.5 Å². The van der Waals surface area contributed by atoms with Crippen LogP contribution in [-0.2, 0) is 4.79 Å². The van der Waals surface area contributed by atoms with E-state index >= 15 is 0 Å². The summed E-state index contributed by atoms with van der Waals surface area (Å²) in [4.78, 5) is 42.0. The van der Waals surface area contributed by atoms with Crippen LogP contribution in [0.5, 0.6) is 11.5 Å². The molecule has 0 amide bonds. The number of aromatic nitrogens is 1. The molecule has 1 aromatic heterocycles. The van der Waals surface area contributed by atoms with Crippen molar-refractivity contribution in [2.75, 3.05) is 0 Å². The van der Waals surface area contributed by atoms with Crippen molar-refractivity contribution in [2.24, 2.45) is 35.5 Å². The summed E-state index contributed by atoms with van der Waals surface area (Å²) in [5, 5.41) is 11.3. The molecule has 0 saturated heterocycles. The van der Waals surface area contributed by atoms with E-state index in [-0.39, 0.29) is 34.9 Å². The summed E-state index contributed by atoms with van der Waals surface area (Å²) in [5.41, 5.74) is 1.39. The number of carbonyl (C=O) groups excluding carboxylic acids is 2. The molecule has 1 heterocycles. The van der Waals surface area contributed by atoms with Crippen molar-refractivity contribution in [3.05, 3.63) is 70.2 Å². The predicted molar refractivity (Wildman–Crippen MR) is 152 cm³/mol. The van der Waals surface area contributed by atoms with Crippen molar-refractivity contribution in [2.45, 2.75) is 65.7 Å². The fraction of sp³-hybridized carbons (Fsp3) is 0.485. The second-order valence-electron chi connectivity index (χ2n) is 11.8. The molecule has 6 nitrogen and oxygen atoms in total. The van der Waals surface area contributed by atoms with Crippen LogP contribution in [0.3, 0.4) is 0 Å². The highest BCUT2D eigenvalue weighted by Crippen LogP contribution is 2.49. The SMILES string of the molecule is C/C=C/[C@@H]1[C@H]2C[C@@H](C)CC[C@@H]2C(C)=C[C@H]1C(=O)c1c(O)c(-c2ccc(OC(=O)C3CCCC3)cc2)c[nH]c1=O. The Balaban J connectivity index is 1.44. The van der Waals surface area contributed by atoms with Gasteiger partial charge in [0.15, 0.2) is 5.78 Å². The van der Waals surface area contributed by atoms with Gasteiger partial charge in [0.2, 0.25) is 0 Å². The van der Waals surface area contributed by atoms with Crippen LogP contribution in [0.25, 0.3) is 11.1 Å². The largest absolute Gasteiger partial charge is 0.506 e. The number of hydrogen-bond donors (Lipinski definition) is 2. The van der Waals surface area contributed by atoms with Gasteiger partial charge in [-0.2, -0.15) is 0 Å². The van der Waals surface area contributed by atoms with Gasteiger partial charge in [-0.05, 0) is 80.9 Å². The highest BCUT2D eigenvalue weighted by Gasteiger charge is 2.43. The molecule has 3 aliphatic carbocycles. The van der Waals surface area contributed by atoms with Gasteiger partial charge < -0.3 is 14.8 Å². The van der Waals surface area contributed by atoms with Crippen molar-refractivity contribution in [3.63, 3.8) is 0 Å². The Labute approximate surface area is 230 Å². The lowest BCUT2D eigenvalue weighted by atomic mass is 9.59. The number of allylic oxidation sites excluding steroid dienone is 4. The Bertz CT molecular complexity index is 1350. The molecule has 2 fully saturated rings. The van der Waals surface area contributed by atoms with Crippen LogP contribution in [0.15, 0.2) is 59.1 Å². The van der Waals surface area contributed by atoms with Crippen LogP contribution >= 0.6 is 0 Å². The van der Waals surface area contributed by atoms with Gasteiger partial charge in [-0.1, -0.05) is 62.1 Å². The minimum absolute atomic E-state index is 0.0183. The molecule has 206 valence electrons. The molecule has 0 aliphatic heterocycles. The first-order valence-electron chi connectivity index (χ1n) is 14.4. The zero-order valence-electron chi connectivity index (χ0n) is 23.1. The van der Waals surface area contributed by atoms with Crippen molar-refractivity contribution >= 4 is 11.8 Å². The van der Waals surface area contributed by atoms with Crippen LogP contribution < -0.4 is 10.3 Å². The lowest BCUT2D eigenvalue weighted by Crippen LogP contribution is -2.40. The van der Waals surface area contributed by atoms with Crippen LogP contribution in [0.1, 0.15) is 76.1 Å². The fourth-order valence-electron chi connectivity index (χ4n) is 7.13. The summed E-state index contributed by atoms with van der Waals surface area (Å²) in [6.07, 6.45) is 14.8. The molecular formula is C33H39NO5. The van der Waals surface area contributed by atoms with Gasteiger partial charge in [0, 0.05) is 17.7 Å². The monoisotopic (exact) mass is 529 g/mol. The summed E-state index contributed by atoms with van der Waals surface area (Å²) in [6.45, 7) is 6.34. The number of carbonyl (C=O) groups is 2. The van der Waals surface area contributed by atoms with Gasteiger partial charge in [-0.15, -0.1) is 0 Å². The number of Topliss-reactive ketones (excluding diaryl/α,β-unsaturated/α-hetero) is 1. The van der Waals surface area contributed by atoms with Crippen LogP contribution in [0.4, 0.5) is 0 Å². The molecule has 5 rings (SSSR count). The number of rotatable bonds is 6. The Kier molecular flexibility index (Phi) is 7.92. The molecule has 0 bridgehead atoms. The Morgan fingerprint density at radius 3 is 2.49 bits per heavy atom. The third-order valence-corrected chi connectivity index (χ3v) is 9.20. The van der Waals surface area contributed by atoms with Crippen molar-refractivity contribution in [1.29, 1.82) is 0 Å². The van der Waals surface area contributed by atoms with Gasteiger partial charge in [-0.3, -0.25) is 14.4 Å². The van der Waals surface area contributed by atoms with Crippen molar-refractivity contribution in [1.82, 2.24) is 4.98 Å². The first kappa shape index (κ1) is 27.2. The molecule has 2 N–H and O–H groups in total. The smallest absolute Gasteiger partial charge is 0.314 e. The van der Waals surface area contributed by atoms with Crippen LogP contribution in [-0.4, -0.2) is 21.8 Å². The van der Waals surface area contributed by atoms with E-state index in [2.05, 4.69) is 24.9 Å². The van der Waals surface area contributed by atoms with Gasteiger partial charge in [-0.25, -0.2) is 0 Å². The maximum Gasteiger partial charge on any atom is 0.314 e. The number of benzene rings is 1. The van der Waals surface area contributed by atoms with E-state index < -0.39 is 11.5 Å². The number of esters is 1. The van der Waals surface area contributed by atoms with Gasteiger partial charge in [0.1, 0.15) is 17.1 Å².